The molecular formula is C17H20FNO2. The fraction of sp³-hybridized carbons (Fsp3) is 0.294. The molecule has 2 aromatic carbocycles. The summed E-state index contributed by atoms with van der Waals surface area (Å²) in [5, 5.41) is 13.1. The highest BCUT2D eigenvalue weighted by atomic mass is 19.1. The topological polar surface area (TPSA) is 41.5 Å². The van der Waals surface area contributed by atoms with E-state index in [1.54, 1.807) is 44.4 Å². The molecule has 2 N–H and O–H groups in total. The first kappa shape index (κ1) is 15.3. The molecule has 0 aromatic heterocycles. The highest BCUT2D eigenvalue weighted by Gasteiger charge is 2.09. The molecule has 0 amide bonds. The van der Waals surface area contributed by atoms with E-state index in [0.717, 1.165) is 11.1 Å². The minimum Gasteiger partial charge on any atom is -0.508 e. The molecule has 2 aromatic rings. The number of hydrogen-bond donors (Lipinski definition) is 2. The Bertz CT molecular complexity index is 628. The number of phenolic OH excluding ortho intramolecular Hbond substituents is 1. The molecule has 21 heavy (non-hydrogen) atoms. The Morgan fingerprint density at radius 1 is 1.24 bits per heavy atom. The standard InChI is InChI=1S/C17H20FNO2/c1-11-4-5-13(9-16(11)18)12(2)19-10-14-8-15(21-3)6-7-17(14)20/h4-9,12,19-20H,10H2,1-3H3. The van der Waals surface area contributed by atoms with E-state index in [2.05, 4.69) is 5.32 Å². The molecule has 1 unspecified atom stereocenters. The van der Waals surface area contributed by atoms with Crippen LogP contribution in [-0.2, 0) is 6.54 Å². The van der Waals surface area contributed by atoms with Crippen molar-refractivity contribution in [3.8, 4) is 11.5 Å². The van der Waals surface area contributed by atoms with Crippen LogP contribution in [0.4, 0.5) is 4.39 Å². The Hall–Kier alpha value is -2.07. The number of methoxy groups -OCH3 is 1. The minimum absolute atomic E-state index is 0.0225. The summed E-state index contributed by atoms with van der Waals surface area (Å²) in [6.07, 6.45) is 0. The first-order chi connectivity index (χ1) is 10.0. The molecule has 112 valence electrons. The molecule has 0 aliphatic heterocycles. The zero-order valence-electron chi connectivity index (χ0n) is 12.5. The van der Waals surface area contributed by atoms with Gasteiger partial charge in [0.1, 0.15) is 17.3 Å². The van der Waals surface area contributed by atoms with E-state index >= 15 is 0 Å². The molecule has 0 spiro atoms. The van der Waals surface area contributed by atoms with Crippen LogP contribution in [0.2, 0.25) is 0 Å². The summed E-state index contributed by atoms with van der Waals surface area (Å²) >= 11 is 0. The van der Waals surface area contributed by atoms with Crippen LogP contribution >= 0.6 is 0 Å². The van der Waals surface area contributed by atoms with Crippen LogP contribution in [0.1, 0.15) is 29.7 Å². The Kier molecular flexibility index (Phi) is 4.81. The molecule has 0 heterocycles. The van der Waals surface area contributed by atoms with E-state index in [0.29, 0.717) is 17.9 Å². The van der Waals surface area contributed by atoms with Crippen molar-refractivity contribution in [2.75, 3.05) is 7.11 Å². The number of halogens is 1. The predicted molar refractivity (Wildman–Crippen MR) is 81.1 cm³/mol. The van der Waals surface area contributed by atoms with Gasteiger partial charge in [-0.3, -0.25) is 0 Å². The van der Waals surface area contributed by atoms with Gasteiger partial charge in [-0.05, 0) is 49.2 Å². The van der Waals surface area contributed by atoms with Crippen LogP contribution in [0.15, 0.2) is 36.4 Å². The van der Waals surface area contributed by atoms with Crippen molar-refractivity contribution < 1.29 is 14.2 Å². The summed E-state index contributed by atoms with van der Waals surface area (Å²) in [6, 6.07) is 10.3. The van der Waals surface area contributed by atoms with Gasteiger partial charge in [-0.25, -0.2) is 4.39 Å². The molecule has 4 heteroatoms. The first-order valence-electron chi connectivity index (χ1n) is 6.86. The van der Waals surface area contributed by atoms with E-state index in [1.807, 2.05) is 13.0 Å². The van der Waals surface area contributed by atoms with Crippen LogP contribution in [0.25, 0.3) is 0 Å². The van der Waals surface area contributed by atoms with E-state index < -0.39 is 0 Å². The Balaban J connectivity index is 2.06. The van der Waals surface area contributed by atoms with Gasteiger partial charge < -0.3 is 15.2 Å². The van der Waals surface area contributed by atoms with Gasteiger partial charge in [0.2, 0.25) is 0 Å². The second-order valence-corrected chi connectivity index (χ2v) is 5.11. The second-order valence-electron chi connectivity index (χ2n) is 5.11. The lowest BCUT2D eigenvalue weighted by Crippen LogP contribution is -2.18. The monoisotopic (exact) mass is 289 g/mol. The van der Waals surface area contributed by atoms with E-state index in [-0.39, 0.29) is 17.6 Å². The lowest BCUT2D eigenvalue weighted by Gasteiger charge is -2.16. The maximum absolute atomic E-state index is 13.6. The van der Waals surface area contributed by atoms with Crippen molar-refractivity contribution in [1.29, 1.82) is 0 Å². The van der Waals surface area contributed by atoms with Crippen LogP contribution < -0.4 is 10.1 Å². The van der Waals surface area contributed by atoms with Crippen molar-refractivity contribution in [1.82, 2.24) is 5.32 Å². The Morgan fingerprint density at radius 2 is 2.00 bits per heavy atom. The predicted octanol–water partition coefficient (Wildman–Crippen LogP) is 3.70. The number of hydrogen-bond acceptors (Lipinski definition) is 3. The molecule has 0 aliphatic carbocycles. The molecule has 0 saturated carbocycles. The zero-order chi connectivity index (χ0) is 15.4. The number of phenols is 1. The SMILES string of the molecule is COc1ccc(O)c(CNC(C)c2ccc(C)c(F)c2)c1. The number of aryl methyl sites for hydroxylation is 1. The Morgan fingerprint density at radius 3 is 2.67 bits per heavy atom. The molecule has 0 saturated heterocycles. The number of benzene rings is 2. The molecule has 0 bridgehead atoms. The van der Waals surface area contributed by atoms with Gasteiger partial charge in [-0.1, -0.05) is 12.1 Å². The molecule has 2 rings (SSSR count). The largest absolute Gasteiger partial charge is 0.508 e. The van der Waals surface area contributed by atoms with Crippen LogP contribution in [-0.4, -0.2) is 12.2 Å². The Labute approximate surface area is 124 Å². The fourth-order valence-corrected chi connectivity index (χ4v) is 2.09. The van der Waals surface area contributed by atoms with Gasteiger partial charge >= 0.3 is 0 Å². The third kappa shape index (κ3) is 3.73. The van der Waals surface area contributed by atoms with Gasteiger partial charge in [-0.15, -0.1) is 0 Å². The summed E-state index contributed by atoms with van der Waals surface area (Å²) < 4.78 is 18.7. The minimum atomic E-state index is -0.203. The number of nitrogens with one attached hydrogen (secondary N) is 1. The van der Waals surface area contributed by atoms with Gasteiger partial charge in [0.15, 0.2) is 0 Å². The van der Waals surface area contributed by atoms with Gasteiger partial charge in [-0.2, -0.15) is 0 Å². The second kappa shape index (κ2) is 6.59. The van der Waals surface area contributed by atoms with Crippen molar-refractivity contribution >= 4 is 0 Å². The normalized spacial score (nSPS) is 12.2. The average molecular weight is 289 g/mol. The van der Waals surface area contributed by atoms with Gasteiger partial charge in [0.25, 0.3) is 0 Å². The lowest BCUT2D eigenvalue weighted by atomic mass is 10.1. The summed E-state index contributed by atoms with van der Waals surface area (Å²) in [5.74, 6) is 0.703. The highest BCUT2D eigenvalue weighted by Crippen LogP contribution is 2.24. The third-order valence-electron chi connectivity index (χ3n) is 3.58. The highest BCUT2D eigenvalue weighted by molar-refractivity contribution is 5.39. The van der Waals surface area contributed by atoms with E-state index in [4.69, 9.17) is 4.74 Å². The van der Waals surface area contributed by atoms with Crippen molar-refractivity contribution in [2.24, 2.45) is 0 Å². The van der Waals surface area contributed by atoms with Crippen molar-refractivity contribution in [3.05, 3.63) is 58.9 Å². The van der Waals surface area contributed by atoms with Crippen molar-refractivity contribution in [3.63, 3.8) is 0 Å². The lowest BCUT2D eigenvalue weighted by molar-refractivity contribution is 0.409. The van der Waals surface area contributed by atoms with E-state index in [9.17, 15) is 9.50 Å². The number of rotatable bonds is 5. The maximum atomic E-state index is 13.6. The van der Waals surface area contributed by atoms with Crippen LogP contribution in [0.5, 0.6) is 11.5 Å². The third-order valence-corrected chi connectivity index (χ3v) is 3.58. The molecule has 1 atom stereocenters. The summed E-state index contributed by atoms with van der Waals surface area (Å²) in [7, 11) is 1.58. The quantitative estimate of drug-likeness (QED) is 0.882. The average Bonchev–Trinajstić information content (AvgIpc) is 2.49. The molecule has 0 fully saturated rings. The smallest absolute Gasteiger partial charge is 0.126 e. The van der Waals surface area contributed by atoms with Gasteiger partial charge in [0, 0.05) is 18.2 Å². The molecular weight excluding hydrogens is 269 g/mol. The van der Waals surface area contributed by atoms with Crippen LogP contribution in [0, 0.1) is 12.7 Å². The number of aromatic hydroxyl groups is 1. The van der Waals surface area contributed by atoms with Crippen LogP contribution in [0.3, 0.4) is 0 Å². The summed E-state index contributed by atoms with van der Waals surface area (Å²) in [4.78, 5) is 0. The first-order valence-corrected chi connectivity index (χ1v) is 6.86. The molecule has 3 nitrogen and oxygen atoms in total. The van der Waals surface area contributed by atoms with Gasteiger partial charge in [0.05, 0.1) is 7.11 Å². The van der Waals surface area contributed by atoms with Crippen molar-refractivity contribution in [2.45, 2.75) is 26.4 Å². The molecule has 0 aliphatic rings. The summed E-state index contributed by atoms with van der Waals surface area (Å²) in [6.45, 7) is 4.17. The summed E-state index contributed by atoms with van der Waals surface area (Å²) in [5.41, 5.74) is 2.26. The zero-order valence-corrected chi connectivity index (χ0v) is 12.5. The maximum Gasteiger partial charge on any atom is 0.126 e. The van der Waals surface area contributed by atoms with E-state index in [1.165, 1.54) is 0 Å². The molecule has 0 radical (unpaired) electrons. The fourth-order valence-electron chi connectivity index (χ4n) is 2.09. The number of ether oxygens (including phenoxy) is 1.